The minimum absolute atomic E-state index is 0. The van der Waals surface area contributed by atoms with Gasteiger partial charge in [0.2, 0.25) is 0 Å². The number of nitrogens with one attached hydrogen (secondary N) is 2. The van der Waals surface area contributed by atoms with Crippen LogP contribution in [0.4, 0.5) is 0 Å². The molecule has 0 saturated heterocycles. The van der Waals surface area contributed by atoms with Crippen molar-refractivity contribution in [2.75, 3.05) is 7.05 Å². The Bertz CT molecular complexity index is 889. The lowest BCUT2D eigenvalue weighted by molar-refractivity contribution is 0.794. The van der Waals surface area contributed by atoms with Crippen LogP contribution in [0.3, 0.4) is 0 Å². The molecule has 0 atom stereocenters. The summed E-state index contributed by atoms with van der Waals surface area (Å²) in [5, 5.41) is 11.1. The molecule has 2 heterocycles. The minimum Gasteiger partial charge on any atom is -0.351 e. The molecule has 150 valence electrons. The Balaban J connectivity index is 0.00000280. The molecule has 0 aliphatic rings. The number of hydrogen-bond donors (Lipinski definition) is 2. The molecule has 28 heavy (non-hydrogen) atoms. The van der Waals surface area contributed by atoms with E-state index in [-0.39, 0.29) is 24.0 Å². The van der Waals surface area contributed by atoms with Gasteiger partial charge in [0.25, 0.3) is 0 Å². The molecule has 3 aromatic rings. The Morgan fingerprint density at radius 2 is 1.79 bits per heavy atom. The van der Waals surface area contributed by atoms with E-state index in [0.29, 0.717) is 6.54 Å². The van der Waals surface area contributed by atoms with Crippen LogP contribution < -0.4 is 10.6 Å². The second kappa shape index (κ2) is 11.5. The Hall–Kier alpha value is -1.52. The largest absolute Gasteiger partial charge is 0.351 e. The number of guanidine groups is 1. The van der Waals surface area contributed by atoms with Gasteiger partial charge in [-0.2, -0.15) is 0 Å². The third-order valence-electron chi connectivity index (χ3n) is 4.15. The fourth-order valence-electron chi connectivity index (χ4n) is 2.74. The summed E-state index contributed by atoms with van der Waals surface area (Å²) >= 11 is 3.45. The summed E-state index contributed by atoms with van der Waals surface area (Å²) in [6, 6.07) is 10.5. The maximum absolute atomic E-state index is 4.73. The summed E-state index contributed by atoms with van der Waals surface area (Å²) < 4.78 is 0. The lowest BCUT2D eigenvalue weighted by Crippen LogP contribution is -2.36. The molecule has 0 amide bonds. The SMILES string of the molecule is CN=C(NCc1csc(CCc2ccccc2)n1)NCc1sc(C)nc1C.I. The summed E-state index contributed by atoms with van der Waals surface area (Å²) in [6.45, 7) is 5.48. The monoisotopic (exact) mass is 527 g/mol. The van der Waals surface area contributed by atoms with Crippen molar-refractivity contribution >= 4 is 52.6 Å². The van der Waals surface area contributed by atoms with Crippen LogP contribution in [0.5, 0.6) is 0 Å². The van der Waals surface area contributed by atoms with Gasteiger partial charge >= 0.3 is 0 Å². The highest BCUT2D eigenvalue weighted by Crippen LogP contribution is 2.16. The summed E-state index contributed by atoms with van der Waals surface area (Å²) in [5.41, 5.74) is 3.49. The van der Waals surface area contributed by atoms with E-state index in [1.807, 2.05) is 13.8 Å². The van der Waals surface area contributed by atoms with Gasteiger partial charge in [-0.25, -0.2) is 9.97 Å². The lowest BCUT2D eigenvalue weighted by Gasteiger charge is -2.10. The van der Waals surface area contributed by atoms with E-state index in [4.69, 9.17) is 4.98 Å². The summed E-state index contributed by atoms with van der Waals surface area (Å²) in [7, 11) is 1.78. The van der Waals surface area contributed by atoms with Crippen LogP contribution in [0.2, 0.25) is 0 Å². The van der Waals surface area contributed by atoms with Crippen molar-refractivity contribution in [3.63, 3.8) is 0 Å². The highest BCUT2D eigenvalue weighted by Gasteiger charge is 2.07. The van der Waals surface area contributed by atoms with Gasteiger partial charge in [0.1, 0.15) is 0 Å². The molecule has 2 aromatic heterocycles. The quantitative estimate of drug-likeness (QED) is 0.270. The molecule has 0 spiro atoms. The van der Waals surface area contributed by atoms with E-state index in [9.17, 15) is 0 Å². The molecular formula is C20H26IN5S2. The fourth-order valence-corrected chi connectivity index (χ4v) is 4.41. The molecule has 0 aliphatic carbocycles. The number of halogens is 1. The van der Waals surface area contributed by atoms with Crippen LogP contribution in [-0.4, -0.2) is 23.0 Å². The van der Waals surface area contributed by atoms with E-state index >= 15 is 0 Å². The van der Waals surface area contributed by atoms with E-state index in [1.165, 1.54) is 15.4 Å². The number of rotatable bonds is 7. The van der Waals surface area contributed by atoms with E-state index in [1.54, 1.807) is 29.7 Å². The van der Waals surface area contributed by atoms with Crippen LogP contribution in [0.15, 0.2) is 40.7 Å². The van der Waals surface area contributed by atoms with Crippen molar-refractivity contribution in [2.45, 2.75) is 39.8 Å². The maximum atomic E-state index is 4.73. The van der Waals surface area contributed by atoms with Gasteiger partial charge in [-0.1, -0.05) is 30.3 Å². The number of aryl methyl sites for hydroxylation is 4. The van der Waals surface area contributed by atoms with Crippen LogP contribution in [0, 0.1) is 13.8 Å². The average molecular weight is 528 g/mol. The van der Waals surface area contributed by atoms with Crippen molar-refractivity contribution in [1.82, 2.24) is 20.6 Å². The highest BCUT2D eigenvalue weighted by atomic mass is 127. The number of thiazole rings is 2. The zero-order valence-electron chi connectivity index (χ0n) is 16.4. The molecular weight excluding hydrogens is 501 g/mol. The van der Waals surface area contributed by atoms with E-state index in [2.05, 4.69) is 56.3 Å². The van der Waals surface area contributed by atoms with E-state index in [0.717, 1.165) is 41.7 Å². The second-order valence-corrected chi connectivity index (χ2v) is 8.47. The number of aromatic nitrogens is 2. The van der Waals surface area contributed by atoms with Gasteiger partial charge in [0.05, 0.1) is 34.5 Å². The molecule has 0 saturated carbocycles. The minimum atomic E-state index is 0. The first-order valence-electron chi connectivity index (χ1n) is 8.98. The van der Waals surface area contributed by atoms with Crippen LogP contribution in [0.1, 0.15) is 31.8 Å². The second-order valence-electron chi connectivity index (χ2n) is 6.24. The van der Waals surface area contributed by atoms with Crippen molar-refractivity contribution in [1.29, 1.82) is 0 Å². The third-order valence-corrected chi connectivity index (χ3v) is 6.18. The predicted molar refractivity (Wildman–Crippen MR) is 130 cm³/mol. The first kappa shape index (κ1) is 22.8. The molecule has 0 bridgehead atoms. The van der Waals surface area contributed by atoms with Gasteiger partial charge < -0.3 is 10.6 Å². The van der Waals surface area contributed by atoms with Gasteiger partial charge in [-0.15, -0.1) is 46.7 Å². The number of hydrogen-bond acceptors (Lipinski definition) is 5. The fraction of sp³-hybridized carbons (Fsp3) is 0.350. The summed E-state index contributed by atoms with van der Waals surface area (Å²) in [5.74, 6) is 0.777. The lowest BCUT2D eigenvalue weighted by atomic mass is 10.1. The normalized spacial score (nSPS) is 11.2. The van der Waals surface area contributed by atoms with Gasteiger partial charge in [-0.3, -0.25) is 4.99 Å². The van der Waals surface area contributed by atoms with E-state index < -0.39 is 0 Å². The van der Waals surface area contributed by atoms with Gasteiger partial charge in [0.15, 0.2) is 5.96 Å². The molecule has 0 aliphatic heterocycles. The van der Waals surface area contributed by atoms with Crippen molar-refractivity contribution in [2.24, 2.45) is 4.99 Å². The third kappa shape index (κ3) is 6.82. The van der Waals surface area contributed by atoms with Crippen LogP contribution in [0.25, 0.3) is 0 Å². The predicted octanol–water partition coefficient (Wildman–Crippen LogP) is 4.48. The molecule has 0 unspecified atom stereocenters. The average Bonchev–Trinajstić information content (AvgIpc) is 3.26. The highest BCUT2D eigenvalue weighted by molar-refractivity contribution is 14.0. The molecule has 1 aromatic carbocycles. The van der Waals surface area contributed by atoms with Crippen LogP contribution >= 0.6 is 46.7 Å². The zero-order valence-corrected chi connectivity index (χ0v) is 20.3. The van der Waals surface area contributed by atoms with Crippen molar-refractivity contribution in [3.8, 4) is 0 Å². The first-order chi connectivity index (χ1) is 13.1. The molecule has 0 fully saturated rings. The number of aliphatic imine (C=N–C) groups is 1. The molecule has 5 nitrogen and oxygen atoms in total. The Morgan fingerprint density at radius 1 is 1.04 bits per heavy atom. The molecule has 0 radical (unpaired) electrons. The van der Waals surface area contributed by atoms with Crippen molar-refractivity contribution < 1.29 is 0 Å². The Kier molecular flexibility index (Phi) is 9.33. The molecule has 3 rings (SSSR count). The van der Waals surface area contributed by atoms with Crippen molar-refractivity contribution in [3.05, 3.63) is 67.6 Å². The summed E-state index contributed by atoms with van der Waals surface area (Å²) in [4.78, 5) is 14.7. The number of nitrogens with zero attached hydrogens (tertiary/aromatic N) is 3. The topological polar surface area (TPSA) is 62.2 Å². The maximum Gasteiger partial charge on any atom is 0.191 e. The zero-order chi connectivity index (χ0) is 19.1. The van der Waals surface area contributed by atoms with Crippen LogP contribution in [-0.2, 0) is 25.9 Å². The smallest absolute Gasteiger partial charge is 0.191 e. The molecule has 8 heteroatoms. The summed E-state index contributed by atoms with van der Waals surface area (Å²) in [6.07, 6.45) is 2.00. The van der Waals surface area contributed by atoms with Gasteiger partial charge in [-0.05, 0) is 25.8 Å². The first-order valence-corrected chi connectivity index (χ1v) is 10.7. The number of benzene rings is 1. The Morgan fingerprint density at radius 3 is 2.46 bits per heavy atom. The van der Waals surface area contributed by atoms with Gasteiger partial charge in [0, 0.05) is 23.7 Å². The molecule has 2 N–H and O–H groups in total. The standard InChI is InChI=1S/C20H25N5S2.HI/c1-14-18(27-15(2)24-14)12-23-20(21-3)22-11-17-13-26-19(25-17)10-9-16-7-5-4-6-8-16;/h4-8,13H,9-12H2,1-3H3,(H2,21,22,23);1H. The Labute approximate surface area is 191 Å².